The smallest absolute Gasteiger partial charge is 0.0540 e. The molecule has 3 aliphatic rings. The predicted octanol–water partition coefficient (Wildman–Crippen LogP) is 5.27. The summed E-state index contributed by atoms with van der Waals surface area (Å²) >= 11 is 8.17. The van der Waals surface area contributed by atoms with Crippen LogP contribution in [0.2, 0.25) is 5.02 Å². The zero-order chi connectivity index (χ0) is 18.4. The van der Waals surface area contributed by atoms with Crippen molar-refractivity contribution in [2.75, 3.05) is 31.1 Å². The molecule has 1 N–H and O–H groups in total. The van der Waals surface area contributed by atoms with Crippen LogP contribution in [-0.2, 0) is 6.42 Å². The van der Waals surface area contributed by atoms with E-state index < -0.39 is 0 Å². The van der Waals surface area contributed by atoms with E-state index in [2.05, 4.69) is 41.8 Å². The molecule has 2 nitrogen and oxygen atoms in total. The molecule has 1 saturated carbocycles. The van der Waals surface area contributed by atoms with Gasteiger partial charge in [0.1, 0.15) is 0 Å². The fourth-order valence-corrected chi connectivity index (χ4v) is 5.93. The Morgan fingerprint density at radius 1 is 1.27 bits per heavy atom. The van der Waals surface area contributed by atoms with Crippen LogP contribution < -0.4 is 0 Å². The lowest BCUT2D eigenvalue weighted by molar-refractivity contribution is 0.130. The summed E-state index contributed by atoms with van der Waals surface area (Å²) in [4.78, 5) is 2.68. The van der Waals surface area contributed by atoms with Gasteiger partial charge in [-0.15, -0.1) is 0 Å². The molecule has 146 valence electrons. The van der Waals surface area contributed by atoms with Gasteiger partial charge in [-0.1, -0.05) is 49.9 Å². The lowest BCUT2D eigenvalue weighted by atomic mass is 9.91. The van der Waals surface area contributed by atoms with Crippen molar-refractivity contribution in [1.82, 2.24) is 4.90 Å². The van der Waals surface area contributed by atoms with E-state index in [1.807, 2.05) is 6.07 Å². The summed E-state index contributed by atoms with van der Waals surface area (Å²) in [6.45, 7) is 6.24. The highest BCUT2D eigenvalue weighted by atomic mass is 35.5. The molecule has 1 unspecified atom stereocenters. The normalized spacial score (nSPS) is 24.0. The van der Waals surface area contributed by atoms with Crippen molar-refractivity contribution >= 4 is 23.4 Å². The van der Waals surface area contributed by atoms with Gasteiger partial charge in [-0.3, -0.25) is 0 Å². The van der Waals surface area contributed by atoms with Crippen LogP contribution in [0.5, 0.6) is 0 Å². The average molecular weight is 396 g/mol. The zero-order valence-electron chi connectivity index (χ0n) is 16.1. The molecule has 1 aromatic rings. The third-order valence-corrected chi connectivity index (χ3v) is 7.82. The van der Waals surface area contributed by atoms with Crippen LogP contribution in [0.4, 0.5) is 0 Å². The number of benzene rings is 1. The van der Waals surface area contributed by atoms with E-state index in [-0.39, 0.29) is 6.10 Å². The van der Waals surface area contributed by atoms with Crippen LogP contribution in [0.3, 0.4) is 0 Å². The fraction of sp³-hybridized carbons (Fsp3) is 0.727. The first kappa shape index (κ1) is 20.5. The molecule has 26 heavy (non-hydrogen) atoms. The molecule has 0 amide bonds. The maximum absolute atomic E-state index is 8.91. The Hall–Kier alpha value is -0.220. The first-order chi connectivity index (χ1) is 12.5. The monoisotopic (exact) mass is 395 g/mol. The van der Waals surface area contributed by atoms with Gasteiger partial charge in [-0.2, -0.15) is 11.8 Å². The summed E-state index contributed by atoms with van der Waals surface area (Å²) in [5.41, 5.74) is 2.06. The van der Waals surface area contributed by atoms with Crippen molar-refractivity contribution in [1.29, 1.82) is 0 Å². The number of aliphatic hydroxyl groups is 1. The summed E-state index contributed by atoms with van der Waals surface area (Å²) in [5.74, 6) is 3.50. The number of likely N-dealkylation sites (tertiary alicyclic amines) is 1. The van der Waals surface area contributed by atoms with Gasteiger partial charge in [0.25, 0.3) is 0 Å². The van der Waals surface area contributed by atoms with E-state index in [1.54, 1.807) is 0 Å². The number of rotatable bonds is 4. The molecular weight excluding hydrogens is 362 g/mol. The second-order valence-corrected chi connectivity index (χ2v) is 10.1. The Morgan fingerprint density at radius 3 is 2.58 bits per heavy atom. The molecule has 1 spiro atoms. The third-order valence-electron chi connectivity index (χ3n) is 5.95. The first-order valence-corrected chi connectivity index (χ1v) is 11.8. The minimum atomic E-state index is 0.0359. The van der Waals surface area contributed by atoms with Crippen LogP contribution in [-0.4, -0.2) is 47.3 Å². The van der Waals surface area contributed by atoms with Gasteiger partial charge in [0.15, 0.2) is 0 Å². The molecule has 0 bridgehead atoms. The Labute approximate surface area is 168 Å². The molecule has 1 atom stereocenters. The standard InChI is InChI=1S/C16H22ClNS.C6H12O/c1-13(7-14-3-2-4-15(17)8-14)9-18-6-5-16(10-18)11-19-12-16;7-6-4-2-1-3-5-6/h2-4,8,13H,5-7,9-12H2,1H3;6-7H,1-5H2. The molecule has 1 aliphatic carbocycles. The maximum atomic E-state index is 8.91. The van der Waals surface area contributed by atoms with Crippen molar-refractivity contribution in [2.45, 2.75) is 58.0 Å². The van der Waals surface area contributed by atoms with E-state index in [4.69, 9.17) is 16.7 Å². The lowest BCUT2D eigenvalue weighted by Crippen LogP contribution is -2.39. The van der Waals surface area contributed by atoms with Gasteiger partial charge < -0.3 is 10.0 Å². The van der Waals surface area contributed by atoms with Crippen molar-refractivity contribution in [3.05, 3.63) is 34.9 Å². The Balaban J connectivity index is 0.000000236. The Kier molecular flexibility index (Phi) is 7.75. The highest BCUT2D eigenvalue weighted by Crippen LogP contribution is 2.45. The maximum Gasteiger partial charge on any atom is 0.0540 e. The summed E-state index contributed by atoms with van der Waals surface area (Å²) in [5, 5.41) is 9.77. The van der Waals surface area contributed by atoms with Gasteiger partial charge in [-0.05, 0) is 55.8 Å². The van der Waals surface area contributed by atoms with Crippen molar-refractivity contribution < 1.29 is 5.11 Å². The van der Waals surface area contributed by atoms with Gasteiger partial charge in [0, 0.05) is 35.0 Å². The number of hydrogen-bond acceptors (Lipinski definition) is 3. The van der Waals surface area contributed by atoms with E-state index in [0.717, 1.165) is 24.3 Å². The van der Waals surface area contributed by atoms with Crippen molar-refractivity contribution in [2.24, 2.45) is 11.3 Å². The second-order valence-electron chi connectivity index (χ2n) is 8.71. The van der Waals surface area contributed by atoms with Gasteiger partial charge >= 0.3 is 0 Å². The number of nitrogens with zero attached hydrogens (tertiary/aromatic N) is 1. The minimum absolute atomic E-state index is 0.0359. The lowest BCUT2D eigenvalue weighted by Gasteiger charge is -2.37. The molecule has 0 radical (unpaired) electrons. The van der Waals surface area contributed by atoms with Crippen LogP contribution in [0.25, 0.3) is 0 Å². The molecule has 2 saturated heterocycles. The van der Waals surface area contributed by atoms with Gasteiger partial charge in [0.05, 0.1) is 6.10 Å². The van der Waals surface area contributed by atoms with E-state index >= 15 is 0 Å². The minimum Gasteiger partial charge on any atom is -0.393 e. The highest BCUT2D eigenvalue weighted by molar-refractivity contribution is 8.00. The fourth-order valence-electron chi connectivity index (χ4n) is 4.46. The summed E-state index contributed by atoms with van der Waals surface area (Å²) in [6.07, 6.45) is 8.48. The molecule has 0 aromatic heterocycles. The summed E-state index contributed by atoms with van der Waals surface area (Å²) in [7, 11) is 0. The van der Waals surface area contributed by atoms with E-state index in [1.165, 1.54) is 62.4 Å². The van der Waals surface area contributed by atoms with Crippen molar-refractivity contribution in [3.8, 4) is 0 Å². The van der Waals surface area contributed by atoms with Crippen LogP contribution in [0, 0.1) is 11.3 Å². The zero-order valence-corrected chi connectivity index (χ0v) is 17.7. The van der Waals surface area contributed by atoms with Crippen LogP contribution in [0.1, 0.15) is 51.0 Å². The molecule has 3 fully saturated rings. The number of hydrogen-bond donors (Lipinski definition) is 1. The molecule has 2 heterocycles. The van der Waals surface area contributed by atoms with Crippen LogP contribution >= 0.6 is 23.4 Å². The number of aliphatic hydroxyl groups excluding tert-OH is 1. The number of thioether (sulfide) groups is 1. The SMILES string of the molecule is CC(Cc1cccc(Cl)c1)CN1CCC2(CSC2)C1.OC1CCCCC1. The molecule has 1 aromatic carbocycles. The largest absolute Gasteiger partial charge is 0.393 e. The topological polar surface area (TPSA) is 23.5 Å². The summed E-state index contributed by atoms with van der Waals surface area (Å²) in [6, 6.07) is 8.30. The second kappa shape index (κ2) is 9.82. The predicted molar refractivity (Wildman–Crippen MR) is 114 cm³/mol. The molecular formula is C22H34ClNOS. The van der Waals surface area contributed by atoms with Crippen molar-refractivity contribution in [3.63, 3.8) is 0 Å². The number of halogens is 1. The average Bonchev–Trinajstić information content (AvgIpc) is 3.00. The molecule has 4 rings (SSSR count). The Morgan fingerprint density at radius 2 is 2.04 bits per heavy atom. The highest BCUT2D eigenvalue weighted by Gasteiger charge is 2.43. The quantitative estimate of drug-likeness (QED) is 0.751. The molecule has 2 aliphatic heterocycles. The van der Waals surface area contributed by atoms with Gasteiger partial charge in [-0.25, -0.2) is 0 Å². The van der Waals surface area contributed by atoms with Crippen LogP contribution in [0.15, 0.2) is 24.3 Å². The van der Waals surface area contributed by atoms with E-state index in [0.29, 0.717) is 11.3 Å². The first-order valence-electron chi connectivity index (χ1n) is 10.3. The van der Waals surface area contributed by atoms with E-state index in [9.17, 15) is 0 Å². The summed E-state index contributed by atoms with van der Waals surface area (Å²) < 4.78 is 0. The Bertz CT molecular complexity index is 557. The van der Waals surface area contributed by atoms with Gasteiger partial charge in [0.2, 0.25) is 0 Å². The molecule has 4 heteroatoms. The third kappa shape index (κ3) is 6.15.